The first kappa shape index (κ1) is 71.2. The van der Waals surface area contributed by atoms with Crippen molar-refractivity contribution in [2.75, 3.05) is 46.8 Å². The standard InChI is InChI=1S/C69H104O14/c1-11-17-22-27-47-76-59-43-35-54(63(78-49-29-24-19-13-3)65(59)80-51-31-26-21-15-5)37-45-61(72)82-56-40-38-55(39-41-56)81-60(71)44-36-53-34-42-57(64(79-50-30-25-20-14-4)62(53)77-48-28-23-18-12-2)58(33-32-46-70)83-66(73)68(7,8)52-69(9,16-6)67(74)75-10/h34-45,58,70H,11-33,46-52H2,1-10H3/b44-36+,45-37+. The highest BCUT2D eigenvalue weighted by atomic mass is 16.6. The summed E-state index contributed by atoms with van der Waals surface area (Å²) < 4.78 is 55.3. The van der Waals surface area contributed by atoms with Gasteiger partial charge in [0.1, 0.15) is 17.6 Å². The molecule has 14 nitrogen and oxygen atoms in total. The molecule has 2 atom stereocenters. The molecule has 0 aliphatic heterocycles. The fourth-order valence-corrected chi connectivity index (χ4v) is 9.56. The highest BCUT2D eigenvalue weighted by Crippen LogP contribution is 2.45. The smallest absolute Gasteiger partial charge is 0.336 e. The van der Waals surface area contributed by atoms with Crippen LogP contribution in [0.15, 0.2) is 60.7 Å². The molecule has 0 bridgehead atoms. The van der Waals surface area contributed by atoms with Crippen molar-refractivity contribution in [1.82, 2.24) is 0 Å². The Morgan fingerprint density at radius 3 is 1.31 bits per heavy atom. The monoisotopic (exact) mass is 1160 g/mol. The second kappa shape index (κ2) is 41.1. The molecule has 0 spiro atoms. The van der Waals surface area contributed by atoms with E-state index in [1.165, 1.54) is 19.3 Å². The van der Waals surface area contributed by atoms with Crippen LogP contribution in [0.5, 0.6) is 40.2 Å². The molecule has 0 saturated heterocycles. The third-order valence-electron chi connectivity index (χ3n) is 14.6. The van der Waals surface area contributed by atoms with Crippen molar-refractivity contribution in [2.24, 2.45) is 10.8 Å². The number of benzene rings is 3. The predicted molar refractivity (Wildman–Crippen MR) is 331 cm³/mol. The van der Waals surface area contributed by atoms with E-state index in [4.69, 9.17) is 42.6 Å². The molecule has 1 N–H and O–H groups in total. The van der Waals surface area contributed by atoms with Gasteiger partial charge in [-0.3, -0.25) is 9.59 Å². The van der Waals surface area contributed by atoms with Crippen LogP contribution in [0.4, 0.5) is 0 Å². The molecule has 3 rings (SSSR count). The lowest BCUT2D eigenvalue weighted by atomic mass is 9.72. The summed E-state index contributed by atoms with van der Waals surface area (Å²) in [5, 5.41) is 10.0. The van der Waals surface area contributed by atoms with Crippen molar-refractivity contribution < 1.29 is 66.9 Å². The van der Waals surface area contributed by atoms with Gasteiger partial charge in [0, 0.05) is 35.4 Å². The first-order chi connectivity index (χ1) is 40.1. The molecule has 0 fully saturated rings. The van der Waals surface area contributed by atoms with E-state index >= 15 is 0 Å². The Balaban J connectivity index is 1.93. The van der Waals surface area contributed by atoms with E-state index in [0.29, 0.717) is 91.3 Å². The summed E-state index contributed by atoms with van der Waals surface area (Å²) in [5.74, 6) is 0.797. The van der Waals surface area contributed by atoms with Gasteiger partial charge < -0.3 is 47.7 Å². The third kappa shape index (κ3) is 26.2. The third-order valence-corrected chi connectivity index (χ3v) is 14.6. The second-order valence-electron chi connectivity index (χ2n) is 22.5. The Bertz CT molecular complexity index is 2390. The highest BCUT2D eigenvalue weighted by Gasteiger charge is 2.43. The average molecular weight is 1160 g/mol. The van der Waals surface area contributed by atoms with Crippen LogP contribution >= 0.6 is 0 Å². The second-order valence-corrected chi connectivity index (χ2v) is 22.5. The molecule has 0 amide bonds. The molecule has 0 heterocycles. The van der Waals surface area contributed by atoms with Crippen LogP contribution in [0, 0.1) is 10.8 Å². The van der Waals surface area contributed by atoms with Crippen LogP contribution in [-0.2, 0) is 28.7 Å². The number of carbonyl (C=O) groups excluding carboxylic acids is 4. The Morgan fingerprint density at radius 2 is 0.892 bits per heavy atom. The zero-order valence-corrected chi connectivity index (χ0v) is 52.5. The summed E-state index contributed by atoms with van der Waals surface area (Å²) in [6, 6.07) is 13.6. The number of ether oxygens (including phenoxy) is 9. The summed E-state index contributed by atoms with van der Waals surface area (Å²) in [7, 11) is 1.35. The van der Waals surface area contributed by atoms with Gasteiger partial charge in [-0.2, -0.15) is 0 Å². The predicted octanol–water partition coefficient (Wildman–Crippen LogP) is 17.1. The van der Waals surface area contributed by atoms with Gasteiger partial charge in [0.15, 0.2) is 23.0 Å². The van der Waals surface area contributed by atoms with Crippen LogP contribution in [0.3, 0.4) is 0 Å². The quantitative estimate of drug-likeness (QED) is 0.0245. The maximum absolute atomic E-state index is 14.2. The molecule has 0 radical (unpaired) electrons. The SMILES string of the molecule is CCCCCCOc1ccc(/C=C/C(=O)Oc2ccc(OC(=O)/C=C/c3ccc(C(CCCO)OC(=O)C(C)(C)CC(C)(CC)C(=O)OC)c(OCCCCCC)c3OCCCCCC)cc2)c(OCCCCCC)c1OCCCCCC. The maximum Gasteiger partial charge on any atom is 0.336 e. The van der Waals surface area contributed by atoms with Crippen molar-refractivity contribution in [3.63, 3.8) is 0 Å². The Hall–Kier alpha value is -6.02. The van der Waals surface area contributed by atoms with Gasteiger partial charge >= 0.3 is 23.9 Å². The van der Waals surface area contributed by atoms with E-state index in [-0.39, 0.29) is 30.9 Å². The minimum atomic E-state index is -1.08. The summed E-state index contributed by atoms with van der Waals surface area (Å²) in [6.45, 7) is 20.2. The van der Waals surface area contributed by atoms with Crippen LogP contribution in [-0.4, -0.2) is 75.7 Å². The lowest BCUT2D eigenvalue weighted by Crippen LogP contribution is -2.38. The number of hydrogen-bond acceptors (Lipinski definition) is 14. The largest absolute Gasteiger partial charge is 0.490 e. The Morgan fingerprint density at radius 1 is 0.482 bits per heavy atom. The van der Waals surface area contributed by atoms with E-state index in [0.717, 1.165) is 128 Å². The molecule has 3 aromatic rings. The lowest BCUT2D eigenvalue weighted by molar-refractivity contribution is -0.166. The molecule has 0 aromatic heterocycles. The number of rotatable bonds is 46. The molecular formula is C69H104O14. The van der Waals surface area contributed by atoms with Gasteiger partial charge in [-0.05, 0) is 127 Å². The molecule has 3 aromatic carbocycles. The molecule has 464 valence electrons. The fourth-order valence-electron chi connectivity index (χ4n) is 9.56. The first-order valence-corrected chi connectivity index (χ1v) is 31.4. The van der Waals surface area contributed by atoms with Gasteiger partial charge in [0.2, 0.25) is 5.75 Å². The number of unbranched alkanes of at least 4 members (excludes halogenated alkanes) is 15. The van der Waals surface area contributed by atoms with Gasteiger partial charge in [0.25, 0.3) is 0 Å². The topological polar surface area (TPSA) is 172 Å². The molecule has 14 heteroatoms. The van der Waals surface area contributed by atoms with Crippen molar-refractivity contribution in [2.45, 2.75) is 223 Å². The number of esters is 4. The number of methoxy groups -OCH3 is 1. The number of carbonyl (C=O) groups is 4. The minimum Gasteiger partial charge on any atom is -0.490 e. The normalized spacial score (nSPS) is 12.7. The number of hydrogen-bond donors (Lipinski definition) is 1. The Kier molecular flexibility index (Phi) is 35.3. The van der Waals surface area contributed by atoms with E-state index in [9.17, 15) is 24.3 Å². The van der Waals surface area contributed by atoms with Gasteiger partial charge in [-0.15, -0.1) is 0 Å². The molecule has 0 saturated carbocycles. The Labute approximate surface area is 498 Å². The molecular weight excluding hydrogens is 1050 g/mol. The minimum absolute atomic E-state index is 0.131. The van der Waals surface area contributed by atoms with Crippen molar-refractivity contribution >= 4 is 36.0 Å². The zero-order valence-electron chi connectivity index (χ0n) is 52.5. The summed E-state index contributed by atoms with van der Waals surface area (Å²) >= 11 is 0. The van der Waals surface area contributed by atoms with Crippen LogP contribution in [0.1, 0.15) is 239 Å². The molecule has 0 aliphatic rings. The van der Waals surface area contributed by atoms with Crippen LogP contribution < -0.4 is 33.2 Å². The van der Waals surface area contributed by atoms with Gasteiger partial charge in [0.05, 0.1) is 51.0 Å². The van der Waals surface area contributed by atoms with Crippen LogP contribution in [0.2, 0.25) is 0 Å². The van der Waals surface area contributed by atoms with E-state index in [1.54, 1.807) is 63.3 Å². The first-order valence-electron chi connectivity index (χ1n) is 31.4. The molecule has 83 heavy (non-hydrogen) atoms. The summed E-state index contributed by atoms with van der Waals surface area (Å²) in [5.41, 5.74) is -0.227. The van der Waals surface area contributed by atoms with Crippen molar-refractivity contribution in [1.29, 1.82) is 0 Å². The highest BCUT2D eigenvalue weighted by molar-refractivity contribution is 5.91. The number of aliphatic hydroxyl groups excluding tert-OH is 1. The molecule has 2 unspecified atom stereocenters. The van der Waals surface area contributed by atoms with Crippen LogP contribution in [0.25, 0.3) is 12.2 Å². The van der Waals surface area contributed by atoms with Gasteiger partial charge in [-0.1, -0.05) is 150 Å². The summed E-state index contributed by atoms with van der Waals surface area (Å²) in [6.07, 6.45) is 26.7. The zero-order chi connectivity index (χ0) is 60.7. The maximum atomic E-state index is 14.2. The number of aliphatic hydroxyl groups is 1. The van der Waals surface area contributed by atoms with Crippen molar-refractivity contribution in [3.8, 4) is 40.2 Å². The molecule has 0 aliphatic carbocycles. The van der Waals surface area contributed by atoms with E-state index in [1.807, 2.05) is 25.1 Å². The van der Waals surface area contributed by atoms with Gasteiger partial charge in [-0.25, -0.2) is 9.59 Å². The van der Waals surface area contributed by atoms with Crippen molar-refractivity contribution in [3.05, 3.63) is 77.4 Å². The lowest BCUT2D eigenvalue weighted by Gasteiger charge is -2.34. The summed E-state index contributed by atoms with van der Waals surface area (Å²) in [4.78, 5) is 54.0. The van der Waals surface area contributed by atoms with E-state index in [2.05, 4.69) is 34.6 Å². The van der Waals surface area contributed by atoms with E-state index < -0.39 is 40.8 Å². The average Bonchev–Trinajstić information content (AvgIpc) is 3.59. The fraction of sp³-hybridized carbons (Fsp3) is 0.623.